The molecule has 6 heteroatoms. The predicted octanol–water partition coefficient (Wildman–Crippen LogP) is 4.61. The molecule has 20 heavy (non-hydrogen) atoms. The number of alkyl halides is 5. The third-order valence-corrected chi connectivity index (χ3v) is 3.00. The maximum atomic E-state index is 12.9. The Labute approximate surface area is 114 Å². The van der Waals surface area contributed by atoms with Crippen molar-refractivity contribution in [3.8, 4) is 0 Å². The molecular formula is C14H17F5O. The molecule has 0 aliphatic carbocycles. The standard InChI is InChI=1S/C14H17F5O/c1-12(2,3)10-6-4-5-9(7-10)11(20)8-13(15,16)14(17,18)19/h4-7,11,20H,8H2,1-3H3. The number of aliphatic hydroxyl groups is 1. The fourth-order valence-corrected chi connectivity index (χ4v) is 1.69. The third kappa shape index (κ3) is 3.91. The van der Waals surface area contributed by atoms with E-state index < -0.39 is 24.6 Å². The second kappa shape index (κ2) is 5.31. The molecule has 0 saturated carbocycles. The number of hydrogen-bond donors (Lipinski definition) is 1. The lowest BCUT2D eigenvalue weighted by molar-refractivity contribution is -0.290. The van der Waals surface area contributed by atoms with E-state index in [-0.39, 0.29) is 11.0 Å². The summed E-state index contributed by atoms with van der Waals surface area (Å²) in [5.41, 5.74) is 0.521. The number of benzene rings is 1. The van der Waals surface area contributed by atoms with Crippen molar-refractivity contribution in [2.24, 2.45) is 0 Å². The van der Waals surface area contributed by atoms with Gasteiger partial charge in [-0.1, -0.05) is 45.0 Å². The van der Waals surface area contributed by atoms with Crippen LogP contribution in [0.1, 0.15) is 44.4 Å². The highest BCUT2D eigenvalue weighted by atomic mass is 19.4. The van der Waals surface area contributed by atoms with E-state index in [1.165, 1.54) is 18.2 Å². The van der Waals surface area contributed by atoms with E-state index in [9.17, 15) is 27.1 Å². The molecule has 1 N–H and O–H groups in total. The van der Waals surface area contributed by atoms with Crippen LogP contribution in [0.15, 0.2) is 24.3 Å². The summed E-state index contributed by atoms with van der Waals surface area (Å²) in [5, 5.41) is 9.63. The molecule has 0 saturated heterocycles. The molecule has 114 valence electrons. The van der Waals surface area contributed by atoms with Gasteiger partial charge in [-0.3, -0.25) is 0 Å². The van der Waals surface area contributed by atoms with Crippen molar-refractivity contribution in [2.75, 3.05) is 0 Å². The molecule has 0 aliphatic rings. The van der Waals surface area contributed by atoms with Gasteiger partial charge in [-0.05, 0) is 16.5 Å². The molecule has 0 bridgehead atoms. The molecule has 0 spiro atoms. The monoisotopic (exact) mass is 296 g/mol. The summed E-state index contributed by atoms with van der Waals surface area (Å²) in [7, 11) is 0. The van der Waals surface area contributed by atoms with Gasteiger partial charge < -0.3 is 5.11 Å². The minimum Gasteiger partial charge on any atom is -0.388 e. The zero-order chi connectivity index (χ0) is 15.8. The van der Waals surface area contributed by atoms with Gasteiger partial charge in [0.15, 0.2) is 0 Å². The van der Waals surface area contributed by atoms with Gasteiger partial charge in [-0.15, -0.1) is 0 Å². The van der Waals surface area contributed by atoms with Crippen LogP contribution in [-0.4, -0.2) is 17.2 Å². The smallest absolute Gasteiger partial charge is 0.388 e. The fraction of sp³-hybridized carbons (Fsp3) is 0.571. The summed E-state index contributed by atoms with van der Waals surface area (Å²) in [6.07, 6.45) is -9.20. The summed E-state index contributed by atoms with van der Waals surface area (Å²) in [6, 6.07) is 6.06. The molecule has 0 heterocycles. The average Bonchev–Trinajstić information content (AvgIpc) is 2.26. The Kier molecular flexibility index (Phi) is 4.49. The van der Waals surface area contributed by atoms with Crippen molar-refractivity contribution in [1.82, 2.24) is 0 Å². The summed E-state index contributed by atoms with van der Waals surface area (Å²) in [5.74, 6) is -4.91. The molecule has 0 radical (unpaired) electrons. The molecule has 0 amide bonds. The van der Waals surface area contributed by atoms with Gasteiger partial charge in [0.25, 0.3) is 0 Å². The van der Waals surface area contributed by atoms with Crippen LogP contribution in [0.25, 0.3) is 0 Å². The van der Waals surface area contributed by atoms with Crippen LogP contribution in [0.3, 0.4) is 0 Å². The maximum Gasteiger partial charge on any atom is 0.453 e. The molecule has 1 rings (SSSR count). The van der Waals surface area contributed by atoms with Gasteiger partial charge in [0.05, 0.1) is 12.5 Å². The first kappa shape index (κ1) is 16.9. The Morgan fingerprint density at radius 1 is 1.05 bits per heavy atom. The summed E-state index contributed by atoms with van der Waals surface area (Å²) in [6.45, 7) is 5.63. The molecule has 1 nitrogen and oxygen atoms in total. The number of aliphatic hydroxyl groups excluding tert-OH is 1. The summed E-state index contributed by atoms with van der Waals surface area (Å²) in [4.78, 5) is 0. The first-order valence-corrected chi connectivity index (χ1v) is 6.07. The van der Waals surface area contributed by atoms with E-state index in [1.807, 2.05) is 20.8 Å². The van der Waals surface area contributed by atoms with Gasteiger partial charge in [0.1, 0.15) is 0 Å². The van der Waals surface area contributed by atoms with Gasteiger partial charge in [-0.2, -0.15) is 22.0 Å². The predicted molar refractivity (Wildman–Crippen MR) is 65.7 cm³/mol. The van der Waals surface area contributed by atoms with E-state index in [1.54, 1.807) is 6.07 Å². The van der Waals surface area contributed by atoms with Crippen molar-refractivity contribution in [1.29, 1.82) is 0 Å². The lowest BCUT2D eigenvalue weighted by Gasteiger charge is -2.24. The molecule has 1 atom stereocenters. The third-order valence-electron chi connectivity index (χ3n) is 3.00. The van der Waals surface area contributed by atoms with Crippen LogP contribution < -0.4 is 0 Å². The van der Waals surface area contributed by atoms with Crippen LogP contribution in [-0.2, 0) is 5.41 Å². The molecule has 1 aromatic carbocycles. The van der Waals surface area contributed by atoms with Gasteiger partial charge in [0, 0.05) is 0 Å². The molecule has 0 aromatic heterocycles. The minimum atomic E-state index is -5.66. The highest BCUT2D eigenvalue weighted by molar-refractivity contribution is 5.30. The first-order chi connectivity index (χ1) is 8.84. The fourth-order valence-electron chi connectivity index (χ4n) is 1.69. The lowest BCUT2D eigenvalue weighted by atomic mass is 9.85. The normalized spacial score (nSPS) is 15.2. The van der Waals surface area contributed by atoms with E-state index in [0.29, 0.717) is 0 Å². The average molecular weight is 296 g/mol. The van der Waals surface area contributed by atoms with Crippen LogP contribution >= 0.6 is 0 Å². The van der Waals surface area contributed by atoms with Crippen molar-refractivity contribution < 1.29 is 27.1 Å². The first-order valence-electron chi connectivity index (χ1n) is 6.07. The SMILES string of the molecule is CC(C)(C)c1cccc(C(O)CC(F)(F)C(F)(F)F)c1. The number of hydrogen-bond acceptors (Lipinski definition) is 1. The zero-order valence-corrected chi connectivity index (χ0v) is 11.4. The second-order valence-electron chi connectivity index (χ2n) is 5.80. The molecular weight excluding hydrogens is 279 g/mol. The number of halogens is 5. The number of rotatable bonds is 3. The van der Waals surface area contributed by atoms with Crippen LogP contribution in [0, 0.1) is 0 Å². The highest BCUT2D eigenvalue weighted by Gasteiger charge is 2.58. The summed E-state index contributed by atoms with van der Waals surface area (Å²) >= 11 is 0. The van der Waals surface area contributed by atoms with Gasteiger partial charge >= 0.3 is 12.1 Å². The van der Waals surface area contributed by atoms with Gasteiger partial charge in [0.2, 0.25) is 0 Å². The quantitative estimate of drug-likeness (QED) is 0.808. The van der Waals surface area contributed by atoms with Crippen LogP contribution in [0.5, 0.6) is 0 Å². The van der Waals surface area contributed by atoms with Crippen molar-refractivity contribution in [3.63, 3.8) is 0 Å². The molecule has 0 fully saturated rings. The molecule has 1 aromatic rings. The van der Waals surface area contributed by atoms with E-state index in [0.717, 1.165) is 5.56 Å². The van der Waals surface area contributed by atoms with Crippen LogP contribution in [0.2, 0.25) is 0 Å². The lowest BCUT2D eigenvalue weighted by Crippen LogP contribution is -2.37. The van der Waals surface area contributed by atoms with E-state index >= 15 is 0 Å². The Bertz CT molecular complexity index is 459. The van der Waals surface area contributed by atoms with E-state index in [4.69, 9.17) is 0 Å². The van der Waals surface area contributed by atoms with Crippen molar-refractivity contribution in [3.05, 3.63) is 35.4 Å². The highest BCUT2D eigenvalue weighted by Crippen LogP contribution is 2.41. The summed E-state index contributed by atoms with van der Waals surface area (Å²) < 4.78 is 62.2. The van der Waals surface area contributed by atoms with Crippen molar-refractivity contribution >= 4 is 0 Å². The van der Waals surface area contributed by atoms with Crippen molar-refractivity contribution in [2.45, 2.75) is 50.8 Å². The zero-order valence-electron chi connectivity index (χ0n) is 11.4. The Morgan fingerprint density at radius 2 is 1.60 bits per heavy atom. The maximum absolute atomic E-state index is 12.9. The largest absolute Gasteiger partial charge is 0.453 e. The molecule has 1 unspecified atom stereocenters. The topological polar surface area (TPSA) is 20.2 Å². The van der Waals surface area contributed by atoms with Gasteiger partial charge in [-0.25, -0.2) is 0 Å². The second-order valence-corrected chi connectivity index (χ2v) is 5.80. The molecule has 0 aliphatic heterocycles. The minimum absolute atomic E-state index is 0.0568. The van der Waals surface area contributed by atoms with E-state index in [2.05, 4.69) is 0 Å². The Hall–Kier alpha value is -1.17. The Balaban J connectivity index is 2.97. The Morgan fingerprint density at radius 3 is 2.05 bits per heavy atom. The van der Waals surface area contributed by atoms with Crippen LogP contribution in [0.4, 0.5) is 22.0 Å².